The van der Waals surface area contributed by atoms with Crippen molar-refractivity contribution >= 4 is 5.78 Å². The Kier molecular flexibility index (Phi) is 1.75. The van der Waals surface area contributed by atoms with Gasteiger partial charge >= 0.3 is 5.76 Å². The second-order valence-electron chi connectivity index (χ2n) is 2.14. The van der Waals surface area contributed by atoms with Crippen LogP contribution >= 0.6 is 0 Å². The summed E-state index contributed by atoms with van der Waals surface area (Å²) < 4.78 is 0. The Bertz CT molecular complexity index is 282. The van der Waals surface area contributed by atoms with Crippen molar-refractivity contribution < 1.29 is 15.0 Å². The highest BCUT2D eigenvalue weighted by molar-refractivity contribution is 5.98. The second-order valence-corrected chi connectivity index (χ2v) is 2.14. The van der Waals surface area contributed by atoms with E-state index in [2.05, 4.69) is 6.08 Å². The number of rotatable bonds is 1. The van der Waals surface area contributed by atoms with Gasteiger partial charge < -0.3 is 10.2 Å². The fourth-order valence-corrected chi connectivity index (χ4v) is 0.823. The Balaban J connectivity index is 3.17. The second kappa shape index (κ2) is 2.56. The van der Waals surface area contributed by atoms with Crippen molar-refractivity contribution in [2.75, 3.05) is 0 Å². The molecule has 2 N–H and O–H groups in total. The number of hydrogen-bond donors (Lipinski definition) is 2. The summed E-state index contributed by atoms with van der Waals surface area (Å²) in [6, 6.07) is 0. The van der Waals surface area contributed by atoms with Crippen molar-refractivity contribution in [1.82, 2.24) is 0 Å². The minimum absolute atomic E-state index is 0.0764. The molecule has 3 heteroatoms. The van der Waals surface area contributed by atoms with Crippen LogP contribution in [0.15, 0.2) is 29.2 Å². The lowest BCUT2D eigenvalue weighted by Crippen LogP contribution is -2.05. The molecular weight excluding hydrogens is 144 g/mol. The third kappa shape index (κ3) is 1.28. The van der Waals surface area contributed by atoms with Gasteiger partial charge in [-0.25, -0.2) is 0 Å². The molecule has 0 aromatic rings. The topological polar surface area (TPSA) is 57.5 Å². The van der Waals surface area contributed by atoms with Gasteiger partial charge in [-0.05, 0) is 0 Å². The lowest BCUT2D eigenvalue weighted by atomic mass is 10.1. The summed E-state index contributed by atoms with van der Waals surface area (Å²) in [4.78, 5) is 10.7. The summed E-state index contributed by atoms with van der Waals surface area (Å²) in [6.07, 6.45) is 5.04. The highest BCUT2D eigenvalue weighted by atomic mass is 16.3. The molecule has 0 amide bonds. The Morgan fingerprint density at radius 2 is 2.18 bits per heavy atom. The molecule has 0 atom stereocenters. The normalized spacial score (nSPS) is 15.9. The minimum atomic E-state index is -0.378. The first-order valence-electron chi connectivity index (χ1n) is 3.06. The van der Waals surface area contributed by atoms with E-state index in [1.54, 1.807) is 0 Å². The Hall–Kier alpha value is -1.60. The van der Waals surface area contributed by atoms with Gasteiger partial charge in [0, 0.05) is 6.92 Å². The molecule has 0 fully saturated rings. The SMILES string of the molecule is CC(=O)C1=C(O)C=C[C+]=C1O. The van der Waals surface area contributed by atoms with Crippen LogP contribution in [-0.2, 0) is 4.79 Å². The van der Waals surface area contributed by atoms with Crippen molar-refractivity contribution in [3.8, 4) is 0 Å². The van der Waals surface area contributed by atoms with Crippen LogP contribution in [0.3, 0.4) is 0 Å². The van der Waals surface area contributed by atoms with Gasteiger partial charge in [-0.1, -0.05) is 0 Å². The third-order valence-electron chi connectivity index (χ3n) is 1.31. The van der Waals surface area contributed by atoms with E-state index in [0.29, 0.717) is 0 Å². The van der Waals surface area contributed by atoms with E-state index in [9.17, 15) is 4.79 Å². The average molecular weight is 151 g/mol. The fraction of sp³-hybridized carbons (Fsp3) is 0.125. The molecule has 0 unspecified atom stereocenters. The maximum absolute atomic E-state index is 10.7. The van der Waals surface area contributed by atoms with Crippen molar-refractivity contribution in [2.24, 2.45) is 0 Å². The summed E-state index contributed by atoms with van der Waals surface area (Å²) in [6.45, 7) is 1.27. The smallest absolute Gasteiger partial charge is 0.302 e. The monoisotopic (exact) mass is 151 g/mol. The number of aliphatic hydroxyl groups excluding tert-OH is 2. The van der Waals surface area contributed by atoms with Gasteiger partial charge in [-0.3, -0.25) is 4.79 Å². The van der Waals surface area contributed by atoms with Crippen LogP contribution in [0.4, 0.5) is 0 Å². The first kappa shape index (κ1) is 7.51. The van der Waals surface area contributed by atoms with Gasteiger partial charge in [-0.2, -0.15) is 0 Å². The first-order chi connectivity index (χ1) is 5.13. The molecule has 0 spiro atoms. The summed E-state index contributed by atoms with van der Waals surface area (Å²) in [5.41, 5.74) is -0.0764. The minimum Gasteiger partial charge on any atom is -0.487 e. The molecule has 56 valence electrons. The van der Waals surface area contributed by atoms with Gasteiger partial charge in [0.2, 0.25) is 17.1 Å². The van der Waals surface area contributed by atoms with E-state index >= 15 is 0 Å². The van der Waals surface area contributed by atoms with Crippen molar-refractivity contribution in [2.45, 2.75) is 6.92 Å². The van der Waals surface area contributed by atoms with Crippen molar-refractivity contribution in [3.63, 3.8) is 0 Å². The maximum atomic E-state index is 10.7. The van der Waals surface area contributed by atoms with Crippen LogP contribution in [0, 0.1) is 6.08 Å². The Morgan fingerprint density at radius 3 is 2.55 bits per heavy atom. The molecule has 0 aromatic heterocycles. The number of allylic oxidation sites excluding steroid dienone is 4. The molecule has 0 saturated carbocycles. The number of carbonyl (C=O) groups is 1. The lowest BCUT2D eigenvalue weighted by molar-refractivity contribution is -0.113. The highest BCUT2D eigenvalue weighted by Crippen LogP contribution is 2.16. The largest absolute Gasteiger partial charge is 0.487 e. The summed E-state index contributed by atoms with van der Waals surface area (Å²) in [5, 5.41) is 18.1. The van der Waals surface area contributed by atoms with E-state index in [0.717, 1.165) is 0 Å². The van der Waals surface area contributed by atoms with Crippen LogP contribution in [0.5, 0.6) is 0 Å². The summed E-state index contributed by atoms with van der Waals surface area (Å²) >= 11 is 0. The van der Waals surface area contributed by atoms with Gasteiger partial charge in [0.25, 0.3) is 0 Å². The van der Waals surface area contributed by atoms with Gasteiger partial charge in [-0.15, -0.1) is 0 Å². The molecule has 0 heterocycles. The predicted molar refractivity (Wildman–Crippen MR) is 38.9 cm³/mol. The molecule has 0 bridgehead atoms. The van der Waals surface area contributed by atoms with E-state index in [1.165, 1.54) is 19.1 Å². The molecule has 1 aliphatic rings. The molecule has 1 aliphatic carbocycles. The van der Waals surface area contributed by atoms with E-state index < -0.39 is 0 Å². The number of hydrogen-bond acceptors (Lipinski definition) is 3. The van der Waals surface area contributed by atoms with E-state index in [-0.39, 0.29) is 22.9 Å². The number of ketones is 1. The summed E-state index contributed by atoms with van der Waals surface area (Å²) in [5.74, 6) is -0.900. The van der Waals surface area contributed by atoms with Crippen molar-refractivity contribution in [3.05, 3.63) is 35.3 Å². The predicted octanol–water partition coefficient (Wildman–Crippen LogP) is 1.20. The van der Waals surface area contributed by atoms with E-state index in [1.807, 2.05) is 0 Å². The zero-order chi connectivity index (χ0) is 8.43. The van der Waals surface area contributed by atoms with Gasteiger partial charge in [0.15, 0.2) is 0 Å². The zero-order valence-corrected chi connectivity index (χ0v) is 5.96. The standard InChI is InChI=1S/C8H6O3/c1-5(9)8-6(10)3-2-4-7(8)11/h2-3H,1H3,(H-,9,10,11)/p+1. The molecule has 11 heavy (non-hydrogen) atoms. The van der Waals surface area contributed by atoms with Crippen LogP contribution in [0.25, 0.3) is 0 Å². The molecule has 0 saturated heterocycles. The van der Waals surface area contributed by atoms with E-state index in [4.69, 9.17) is 10.2 Å². The van der Waals surface area contributed by atoms with Gasteiger partial charge in [0.1, 0.15) is 6.08 Å². The van der Waals surface area contributed by atoms with Crippen LogP contribution in [0.1, 0.15) is 6.92 Å². The fourth-order valence-electron chi connectivity index (χ4n) is 0.823. The Morgan fingerprint density at radius 1 is 1.55 bits per heavy atom. The molecule has 0 aliphatic heterocycles. The Labute approximate surface area is 64.0 Å². The number of carbonyl (C=O) groups excluding carboxylic acids is 1. The van der Waals surface area contributed by atoms with Crippen LogP contribution in [-0.4, -0.2) is 16.0 Å². The highest BCUT2D eigenvalue weighted by Gasteiger charge is 2.26. The quantitative estimate of drug-likeness (QED) is 0.553. The van der Waals surface area contributed by atoms with Crippen LogP contribution in [0.2, 0.25) is 0 Å². The third-order valence-corrected chi connectivity index (χ3v) is 1.31. The molecule has 0 aromatic carbocycles. The molecule has 1 rings (SSSR count). The van der Waals surface area contributed by atoms with Gasteiger partial charge in [0.05, 0.1) is 12.2 Å². The molecule has 3 nitrogen and oxygen atoms in total. The lowest BCUT2D eigenvalue weighted by Gasteiger charge is -1.96. The number of aliphatic hydroxyl groups is 2. The molecular formula is C8H7O3+. The molecule has 0 radical (unpaired) electrons. The first-order valence-corrected chi connectivity index (χ1v) is 3.06. The van der Waals surface area contributed by atoms with Crippen molar-refractivity contribution in [1.29, 1.82) is 0 Å². The number of Topliss-reactive ketones (excluding diaryl/α,β-unsaturated/α-hetero) is 1. The van der Waals surface area contributed by atoms with Crippen LogP contribution < -0.4 is 0 Å². The maximum Gasteiger partial charge on any atom is 0.302 e. The average Bonchev–Trinajstić information content (AvgIpc) is 1.85. The summed E-state index contributed by atoms with van der Waals surface area (Å²) in [7, 11) is 0. The zero-order valence-electron chi connectivity index (χ0n) is 5.96.